The lowest BCUT2D eigenvalue weighted by Crippen LogP contribution is -2.59. The topological polar surface area (TPSA) is 92.6 Å². The van der Waals surface area contributed by atoms with E-state index < -0.39 is 0 Å². The molecule has 1 aromatic carbocycles. The molecule has 2 amide bonds. The summed E-state index contributed by atoms with van der Waals surface area (Å²) in [6.45, 7) is 6.59. The first-order valence-electron chi connectivity index (χ1n) is 11.9. The van der Waals surface area contributed by atoms with E-state index in [4.69, 9.17) is 9.98 Å². The van der Waals surface area contributed by atoms with Gasteiger partial charge in [-0.3, -0.25) is 9.98 Å². The summed E-state index contributed by atoms with van der Waals surface area (Å²) in [4.78, 5) is 26.6. The highest BCUT2D eigenvalue weighted by Crippen LogP contribution is 2.44. The largest absolute Gasteiger partial charge is 0.394 e. The molecule has 4 rings (SSSR count). The first-order chi connectivity index (χ1) is 15.9. The molecule has 3 aliphatic rings. The Morgan fingerprint density at radius 3 is 2.73 bits per heavy atom. The number of aliphatic hydroxyl groups excluding tert-OH is 1. The van der Waals surface area contributed by atoms with Crippen LogP contribution in [0.25, 0.3) is 0 Å². The molecule has 3 N–H and O–H groups in total. The fourth-order valence-corrected chi connectivity index (χ4v) is 5.66. The van der Waals surface area contributed by atoms with Crippen molar-refractivity contribution in [1.82, 2.24) is 15.1 Å². The number of carbonyl (C=O) groups is 1. The zero-order valence-corrected chi connectivity index (χ0v) is 20.7. The second-order valence-corrected chi connectivity index (χ2v) is 10.5. The molecule has 1 spiro atoms. The summed E-state index contributed by atoms with van der Waals surface area (Å²) in [5.74, 6) is 3.85. The molecule has 0 bridgehead atoms. The number of guanidine groups is 1. The zero-order chi connectivity index (χ0) is 23.4. The van der Waals surface area contributed by atoms with Crippen LogP contribution < -0.4 is 10.6 Å². The molecule has 0 aromatic heterocycles. The Balaban J connectivity index is 1.54. The van der Waals surface area contributed by atoms with E-state index in [-0.39, 0.29) is 30.1 Å². The average molecular weight is 473 g/mol. The number of urea groups is 1. The van der Waals surface area contributed by atoms with E-state index in [2.05, 4.69) is 41.5 Å². The Bertz CT molecular complexity index is 910. The molecule has 9 heteroatoms. The van der Waals surface area contributed by atoms with E-state index in [0.717, 1.165) is 67.9 Å². The van der Waals surface area contributed by atoms with E-state index in [1.54, 1.807) is 0 Å². The molecule has 1 fully saturated rings. The van der Waals surface area contributed by atoms with Gasteiger partial charge in [-0.1, -0.05) is 32.0 Å². The van der Waals surface area contributed by atoms with Crippen molar-refractivity contribution in [2.45, 2.75) is 44.7 Å². The summed E-state index contributed by atoms with van der Waals surface area (Å²) >= 11 is 1.86. The van der Waals surface area contributed by atoms with Crippen molar-refractivity contribution in [2.75, 3.05) is 50.1 Å². The number of rotatable bonds is 3. The van der Waals surface area contributed by atoms with Crippen molar-refractivity contribution in [1.29, 1.82) is 0 Å². The molecule has 8 nitrogen and oxygen atoms in total. The van der Waals surface area contributed by atoms with Crippen LogP contribution in [0, 0.1) is 5.92 Å². The quantitative estimate of drug-likeness (QED) is 0.629. The molecule has 0 aliphatic carbocycles. The summed E-state index contributed by atoms with van der Waals surface area (Å²) in [5, 5.41) is 16.3. The Kier molecular flexibility index (Phi) is 7.48. The molecule has 0 radical (unpaired) electrons. The van der Waals surface area contributed by atoms with Crippen LogP contribution in [-0.2, 0) is 5.54 Å². The number of benzene rings is 1. The van der Waals surface area contributed by atoms with Gasteiger partial charge in [-0.25, -0.2) is 4.79 Å². The number of aliphatic imine (C=N–C) groups is 2. The highest BCUT2D eigenvalue weighted by molar-refractivity contribution is 7.99. The van der Waals surface area contributed by atoms with Gasteiger partial charge in [0.05, 0.1) is 23.9 Å². The number of piperidine rings is 1. The van der Waals surface area contributed by atoms with Crippen molar-refractivity contribution in [3.63, 3.8) is 0 Å². The number of nitrogens with one attached hydrogen (secondary N) is 2. The van der Waals surface area contributed by atoms with Gasteiger partial charge in [-0.05, 0) is 37.0 Å². The maximum Gasteiger partial charge on any atom is 0.322 e. The minimum absolute atomic E-state index is 0.0417. The Hall–Kier alpha value is -2.26. The van der Waals surface area contributed by atoms with Crippen LogP contribution in [0.4, 0.5) is 10.5 Å². The third-order valence-electron chi connectivity index (χ3n) is 6.99. The van der Waals surface area contributed by atoms with E-state index in [1.807, 2.05) is 35.8 Å². The molecule has 180 valence electrons. The Labute approximate surface area is 200 Å². The van der Waals surface area contributed by atoms with Crippen LogP contribution in [0.3, 0.4) is 0 Å². The molecular formula is C24H36N6O2S. The first kappa shape index (κ1) is 23.9. The summed E-state index contributed by atoms with van der Waals surface area (Å²) in [5.41, 5.74) is 1.81. The highest BCUT2D eigenvalue weighted by atomic mass is 32.2. The predicted octanol–water partition coefficient (Wildman–Crippen LogP) is 2.95. The summed E-state index contributed by atoms with van der Waals surface area (Å²) < 4.78 is 0. The van der Waals surface area contributed by atoms with E-state index in [0.29, 0.717) is 0 Å². The smallest absolute Gasteiger partial charge is 0.322 e. The van der Waals surface area contributed by atoms with E-state index >= 15 is 0 Å². The lowest BCUT2D eigenvalue weighted by Gasteiger charge is -2.51. The highest BCUT2D eigenvalue weighted by Gasteiger charge is 2.46. The van der Waals surface area contributed by atoms with Gasteiger partial charge in [0, 0.05) is 37.9 Å². The van der Waals surface area contributed by atoms with Crippen LogP contribution in [0.15, 0.2) is 34.3 Å². The van der Waals surface area contributed by atoms with Crippen LogP contribution in [0.2, 0.25) is 0 Å². The number of amides is 2. The molecule has 33 heavy (non-hydrogen) atoms. The van der Waals surface area contributed by atoms with E-state index in [1.165, 1.54) is 5.56 Å². The SMILES string of the molecule is CC(C)C(CO)N=C1CSCCCN=C(N2CCC3(CC2)c2ccccc2NC(=O)N3C)N1. The molecule has 1 aromatic rings. The lowest BCUT2D eigenvalue weighted by atomic mass is 9.77. The third-order valence-corrected chi connectivity index (χ3v) is 8.04. The second kappa shape index (κ2) is 10.3. The van der Waals surface area contributed by atoms with Crippen LogP contribution >= 0.6 is 11.8 Å². The fraction of sp³-hybridized carbons (Fsp3) is 0.625. The number of thioether (sulfide) groups is 1. The lowest BCUT2D eigenvalue weighted by molar-refractivity contribution is 0.0816. The van der Waals surface area contributed by atoms with Crippen LogP contribution in [-0.4, -0.2) is 83.6 Å². The fourth-order valence-electron chi connectivity index (χ4n) is 4.84. The maximum absolute atomic E-state index is 12.7. The molecule has 3 aliphatic heterocycles. The van der Waals surface area contributed by atoms with Gasteiger partial charge in [0.1, 0.15) is 5.84 Å². The summed E-state index contributed by atoms with van der Waals surface area (Å²) in [7, 11) is 1.90. The normalized spacial score (nSPS) is 23.2. The predicted molar refractivity (Wildman–Crippen MR) is 136 cm³/mol. The zero-order valence-electron chi connectivity index (χ0n) is 19.9. The van der Waals surface area contributed by atoms with Crippen molar-refractivity contribution >= 4 is 35.3 Å². The molecule has 1 unspecified atom stereocenters. The minimum Gasteiger partial charge on any atom is -0.394 e. The van der Waals surface area contributed by atoms with Gasteiger partial charge in [0.25, 0.3) is 0 Å². The number of likely N-dealkylation sites (tertiary alicyclic amines) is 1. The van der Waals surface area contributed by atoms with Gasteiger partial charge in [-0.2, -0.15) is 11.8 Å². The van der Waals surface area contributed by atoms with E-state index in [9.17, 15) is 9.90 Å². The monoisotopic (exact) mass is 472 g/mol. The van der Waals surface area contributed by atoms with Crippen molar-refractivity contribution in [2.24, 2.45) is 15.9 Å². The van der Waals surface area contributed by atoms with Gasteiger partial charge in [0.2, 0.25) is 0 Å². The van der Waals surface area contributed by atoms with Gasteiger partial charge < -0.3 is 25.5 Å². The maximum atomic E-state index is 12.7. The van der Waals surface area contributed by atoms with Crippen LogP contribution in [0.5, 0.6) is 0 Å². The molecule has 0 saturated carbocycles. The van der Waals surface area contributed by atoms with Crippen molar-refractivity contribution < 1.29 is 9.90 Å². The number of nitrogens with zero attached hydrogens (tertiary/aromatic N) is 4. The summed E-state index contributed by atoms with van der Waals surface area (Å²) in [6.07, 6.45) is 2.70. The Morgan fingerprint density at radius 1 is 1.24 bits per heavy atom. The number of anilines is 1. The first-order valence-corrected chi connectivity index (χ1v) is 13.1. The number of hydrogen-bond donors (Lipinski definition) is 3. The molecule has 3 heterocycles. The summed E-state index contributed by atoms with van der Waals surface area (Å²) in [6, 6.07) is 7.99. The number of hydrogen-bond acceptors (Lipinski definition) is 6. The number of carbonyl (C=O) groups excluding carboxylic acids is 1. The second-order valence-electron chi connectivity index (χ2n) is 9.36. The van der Waals surface area contributed by atoms with Crippen molar-refractivity contribution in [3.8, 4) is 0 Å². The number of fused-ring (bicyclic) bond motifs is 2. The molecular weight excluding hydrogens is 436 g/mol. The van der Waals surface area contributed by atoms with Crippen LogP contribution in [0.1, 0.15) is 38.7 Å². The standard InChI is InChI=1S/C24H36N6O2S/c1-17(2)20(15-31)26-21-16-33-14-6-11-25-22(28-21)30-12-9-24(10-13-30)18-7-4-5-8-19(18)27-23(32)29(24)3/h4-5,7-8,17,20,31H,6,9-16H2,1-3H3,(H,27,32)(H,25,26,28). The van der Waals surface area contributed by atoms with Gasteiger partial charge in [-0.15, -0.1) is 0 Å². The minimum atomic E-state index is -0.305. The number of amidine groups is 1. The Morgan fingerprint density at radius 2 is 2.00 bits per heavy atom. The number of aliphatic hydroxyl groups is 1. The molecule has 1 saturated heterocycles. The number of para-hydroxylation sites is 1. The van der Waals surface area contributed by atoms with Gasteiger partial charge >= 0.3 is 6.03 Å². The third kappa shape index (κ3) is 4.99. The van der Waals surface area contributed by atoms with Gasteiger partial charge in [0.15, 0.2) is 5.96 Å². The molecule has 1 atom stereocenters. The average Bonchev–Trinajstić information content (AvgIpc) is 2.93. The van der Waals surface area contributed by atoms with Crippen molar-refractivity contribution in [3.05, 3.63) is 29.8 Å².